The van der Waals surface area contributed by atoms with E-state index in [1.165, 1.54) is 22.5 Å². The average Bonchev–Trinajstić information content (AvgIpc) is 2.83. The van der Waals surface area contributed by atoms with E-state index >= 15 is 0 Å². The van der Waals surface area contributed by atoms with Gasteiger partial charge in [-0.05, 0) is 55.3 Å². The van der Waals surface area contributed by atoms with Crippen molar-refractivity contribution in [2.24, 2.45) is 12.0 Å². The van der Waals surface area contributed by atoms with Crippen LogP contribution in [0.4, 0.5) is 0 Å². The molecule has 0 unspecified atom stereocenters. The molecule has 5 heteroatoms. The Labute approximate surface area is 138 Å². The molecule has 3 rings (SSSR count). The van der Waals surface area contributed by atoms with Crippen molar-refractivity contribution in [1.29, 1.82) is 5.26 Å². The molecule has 1 amide bonds. The summed E-state index contributed by atoms with van der Waals surface area (Å²) in [6.07, 6.45) is 0. The summed E-state index contributed by atoms with van der Waals surface area (Å²) >= 11 is 1.51. The number of amides is 1. The lowest BCUT2D eigenvalue weighted by atomic mass is 10.1. The van der Waals surface area contributed by atoms with Crippen LogP contribution in [0.25, 0.3) is 10.2 Å². The molecule has 0 aliphatic heterocycles. The molecule has 2 aromatic carbocycles. The van der Waals surface area contributed by atoms with Crippen LogP contribution in [0.15, 0.2) is 41.4 Å². The van der Waals surface area contributed by atoms with Crippen molar-refractivity contribution < 1.29 is 4.79 Å². The minimum Gasteiger partial charge on any atom is -0.319 e. The number of hydrogen-bond acceptors (Lipinski definition) is 3. The Morgan fingerprint density at radius 2 is 1.91 bits per heavy atom. The topological polar surface area (TPSA) is 58.1 Å². The first kappa shape index (κ1) is 15.2. The highest BCUT2D eigenvalue weighted by Crippen LogP contribution is 2.22. The zero-order valence-corrected chi connectivity index (χ0v) is 13.9. The number of rotatable bonds is 1. The Kier molecular flexibility index (Phi) is 3.85. The number of aromatic nitrogens is 1. The third kappa shape index (κ3) is 2.81. The van der Waals surface area contributed by atoms with Crippen LogP contribution in [0.1, 0.15) is 27.0 Å². The van der Waals surface area contributed by atoms with E-state index in [9.17, 15) is 4.79 Å². The summed E-state index contributed by atoms with van der Waals surface area (Å²) in [5.74, 6) is -0.300. The maximum Gasteiger partial charge on any atom is 0.279 e. The highest BCUT2D eigenvalue weighted by atomic mass is 32.1. The smallest absolute Gasteiger partial charge is 0.279 e. The molecule has 0 radical (unpaired) electrons. The summed E-state index contributed by atoms with van der Waals surface area (Å²) in [7, 11) is 1.92. The molecule has 23 heavy (non-hydrogen) atoms. The number of fused-ring (bicyclic) bond motifs is 1. The largest absolute Gasteiger partial charge is 0.319 e. The summed E-state index contributed by atoms with van der Waals surface area (Å²) in [5, 5.41) is 8.81. The van der Waals surface area contributed by atoms with E-state index in [0.29, 0.717) is 15.9 Å². The number of nitriles is 1. The van der Waals surface area contributed by atoms with Gasteiger partial charge in [-0.1, -0.05) is 17.4 Å². The fourth-order valence-corrected chi connectivity index (χ4v) is 3.82. The molecule has 1 heterocycles. The average molecular weight is 321 g/mol. The first-order valence-electron chi connectivity index (χ1n) is 7.15. The number of carbonyl (C=O) groups is 1. The lowest BCUT2D eigenvalue weighted by Gasteiger charge is -2.01. The second-order valence-corrected chi connectivity index (χ2v) is 6.49. The second-order valence-electron chi connectivity index (χ2n) is 5.48. The molecular weight excluding hydrogens is 306 g/mol. The van der Waals surface area contributed by atoms with Crippen LogP contribution in [-0.2, 0) is 7.05 Å². The lowest BCUT2D eigenvalue weighted by Crippen LogP contribution is -2.13. The molecule has 0 bridgehead atoms. The van der Waals surface area contributed by atoms with E-state index in [1.54, 1.807) is 24.3 Å². The van der Waals surface area contributed by atoms with Crippen molar-refractivity contribution in [3.8, 4) is 6.07 Å². The Bertz CT molecular complexity index is 1020. The van der Waals surface area contributed by atoms with Crippen molar-refractivity contribution in [2.45, 2.75) is 13.8 Å². The van der Waals surface area contributed by atoms with E-state index in [0.717, 1.165) is 10.2 Å². The van der Waals surface area contributed by atoms with Crippen LogP contribution in [-0.4, -0.2) is 10.5 Å². The molecular formula is C18H15N3OS. The van der Waals surface area contributed by atoms with Crippen molar-refractivity contribution in [2.75, 3.05) is 0 Å². The third-order valence-electron chi connectivity index (χ3n) is 3.69. The van der Waals surface area contributed by atoms with Gasteiger partial charge in [-0.2, -0.15) is 10.3 Å². The van der Waals surface area contributed by atoms with Gasteiger partial charge < -0.3 is 4.57 Å². The molecule has 0 aliphatic carbocycles. The van der Waals surface area contributed by atoms with Crippen LogP contribution in [0, 0.1) is 25.2 Å². The van der Waals surface area contributed by atoms with Crippen LogP contribution >= 0.6 is 11.3 Å². The van der Waals surface area contributed by atoms with Gasteiger partial charge in [0.1, 0.15) is 0 Å². The normalized spacial score (nSPS) is 11.7. The SMILES string of the molecule is Cc1cc(C)c2c(c1)sc(=NC(=O)c1ccc(C#N)cc1)n2C. The number of hydrogen-bond donors (Lipinski definition) is 0. The molecule has 0 fully saturated rings. The number of aryl methyl sites for hydroxylation is 3. The molecule has 3 aromatic rings. The van der Waals surface area contributed by atoms with Crippen LogP contribution in [0.5, 0.6) is 0 Å². The molecule has 4 nitrogen and oxygen atoms in total. The predicted octanol–water partition coefficient (Wildman–Crippen LogP) is 3.47. The number of benzene rings is 2. The number of thiazole rings is 1. The van der Waals surface area contributed by atoms with E-state index in [4.69, 9.17) is 5.26 Å². The van der Waals surface area contributed by atoms with Crippen molar-refractivity contribution >= 4 is 27.5 Å². The zero-order valence-electron chi connectivity index (χ0n) is 13.1. The maximum absolute atomic E-state index is 12.3. The fourth-order valence-electron chi connectivity index (χ4n) is 2.63. The summed E-state index contributed by atoms with van der Waals surface area (Å²) in [4.78, 5) is 17.3. The van der Waals surface area contributed by atoms with Crippen LogP contribution in [0.3, 0.4) is 0 Å². The van der Waals surface area contributed by atoms with Gasteiger partial charge in [0, 0.05) is 12.6 Å². The van der Waals surface area contributed by atoms with E-state index in [-0.39, 0.29) is 5.91 Å². The molecule has 1 aromatic heterocycles. The van der Waals surface area contributed by atoms with E-state index < -0.39 is 0 Å². The standard InChI is InChI=1S/C18H15N3OS/c1-11-8-12(2)16-15(9-11)23-18(21(16)3)20-17(22)14-6-4-13(10-19)5-7-14/h4-9H,1-3H3. The Hall–Kier alpha value is -2.71. The fraction of sp³-hybridized carbons (Fsp3) is 0.167. The number of nitrogens with zero attached hydrogens (tertiary/aromatic N) is 3. The van der Waals surface area contributed by atoms with Gasteiger partial charge in [-0.3, -0.25) is 4.79 Å². The van der Waals surface area contributed by atoms with E-state index in [2.05, 4.69) is 31.0 Å². The highest BCUT2D eigenvalue weighted by Gasteiger charge is 2.09. The number of carbonyl (C=O) groups excluding carboxylic acids is 1. The zero-order chi connectivity index (χ0) is 16.6. The predicted molar refractivity (Wildman–Crippen MR) is 91.3 cm³/mol. The Balaban J connectivity index is 2.10. The summed E-state index contributed by atoms with van der Waals surface area (Å²) in [6.45, 7) is 4.12. The summed E-state index contributed by atoms with van der Waals surface area (Å²) in [6, 6.07) is 12.8. The van der Waals surface area contributed by atoms with Gasteiger partial charge in [-0.15, -0.1) is 0 Å². The van der Waals surface area contributed by atoms with Gasteiger partial charge in [0.15, 0.2) is 4.80 Å². The molecule has 0 spiro atoms. The molecule has 0 saturated heterocycles. The monoisotopic (exact) mass is 321 g/mol. The lowest BCUT2D eigenvalue weighted by molar-refractivity contribution is 0.0998. The Morgan fingerprint density at radius 3 is 2.57 bits per heavy atom. The summed E-state index contributed by atoms with van der Waals surface area (Å²) in [5.41, 5.74) is 4.48. The highest BCUT2D eigenvalue weighted by molar-refractivity contribution is 7.16. The molecule has 114 valence electrons. The van der Waals surface area contributed by atoms with Crippen LogP contribution < -0.4 is 4.80 Å². The van der Waals surface area contributed by atoms with Crippen molar-refractivity contribution in [1.82, 2.24) is 4.57 Å². The van der Waals surface area contributed by atoms with Gasteiger partial charge in [0.25, 0.3) is 5.91 Å². The molecule has 0 atom stereocenters. The third-order valence-corrected chi connectivity index (χ3v) is 4.77. The van der Waals surface area contributed by atoms with Gasteiger partial charge in [-0.25, -0.2) is 0 Å². The minimum absolute atomic E-state index is 0.300. The quantitative estimate of drug-likeness (QED) is 0.689. The van der Waals surface area contributed by atoms with Crippen molar-refractivity contribution in [3.05, 3.63) is 63.5 Å². The van der Waals surface area contributed by atoms with E-state index in [1.807, 2.05) is 17.7 Å². The molecule has 0 N–H and O–H groups in total. The second kappa shape index (κ2) is 5.82. The van der Waals surface area contributed by atoms with Crippen molar-refractivity contribution in [3.63, 3.8) is 0 Å². The first-order valence-corrected chi connectivity index (χ1v) is 7.97. The van der Waals surface area contributed by atoms with Gasteiger partial charge in [0.2, 0.25) is 0 Å². The maximum atomic E-state index is 12.3. The minimum atomic E-state index is -0.300. The Morgan fingerprint density at radius 1 is 1.22 bits per heavy atom. The summed E-state index contributed by atoms with van der Waals surface area (Å²) < 4.78 is 3.08. The molecule has 0 aliphatic rings. The van der Waals surface area contributed by atoms with Gasteiger partial charge >= 0.3 is 0 Å². The van der Waals surface area contributed by atoms with Crippen LogP contribution in [0.2, 0.25) is 0 Å². The van der Waals surface area contributed by atoms with Gasteiger partial charge in [0.05, 0.1) is 21.8 Å². The first-order chi connectivity index (χ1) is 11.0. The molecule has 0 saturated carbocycles.